The summed E-state index contributed by atoms with van der Waals surface area (Å²) in [5.41, 5.74) is -0.0479. The number of aromatic hydroxyl groups is 1. The second-order valence-electron chi connectivity index (χ2n) is 7.52. The lowest BCUT2D eigenvalue weighted by Crippen LogP contribution is -2.20. The van der Waals surface area contributed by atoms with Crippen LogP contribution in [0, 0.1) is 5.92 Å². The zero-order valence-corrected chi connectivity index (χ0v) is 17.1. The van der Waals surface area contributed by atoms with Gasteiger partial charge < -0.3 is 14.3 Å². The lowest BCUT2D eigenvalue weighted by molar-refractivity contribution is 0.0477. The van der Waals surface area contributed by atoms with Crippen molar-refractivity contribution in [2.24, 2.45) is 5.92 Å². The summed E-state index contributed by atoms with van der Waals surface area (Å²) >= 11 is 1.70. The first-order chi connectivity index (χ1) is 13.1. The van der Waals surface area contributed by atoms with Crippen molar-refractivity contribution in [2.45, 2.75) is 64.7 Å². The summed E-state index contributed by atoms with van der Waals surface area (Å²) in [5.74, 6) is 1.30. The molecule has 0 aromatic carbocycles. The molecule has 1 saturated heterocycles. The average Bonchev–Trinajstić information content (AvgIpc) is 3.11. The lowest BCUT2D eigenvalue weighted by Gasteiger charge is -2.25. The standard InChI is InChI=1S/C22H30O4S/c1-3-6-17-8-9-18(27-17)12-19-20(23)13-21(26-22(19)24)16(4-2)11-15-7-5-10-25-14-15/h8-9,13,15-16,23H,3-7,10-12,14H2,1-2H3. The van der Waals surface area contributed by atoms with Crippen molar-refractivity contribution in [3.8, 4) is 5.75 Å². The van der Waals surface area contributed by atoms with E-state index in [0.717, 1.165) is 56.6 Å². The zero-order chi connectivity index (χ0) is 19.2. The fourth-order valence-corrected chi connectivity index (χ4v) is 4.97. The van der Waals surface area contributed by atoms with E-state index < -0.39 is 5.63 Å². The number of ether oxygens (including phenoxy) is 1. The van der Waals surface area contributed by atoms with Gasteiger partial charge in [0.15, 0.2) is 0 Å². The molecule has 3 rings (SSSR count). The summed E-state index contributed by atoms with van der Waals surface area (Å²) in [5, 5.41) is 10.5. The van der Waals surface area contributed by atoms with Crippen LogP contribution in [0.25, 0.3) is 0 Å². The Bertz CT molecular complexity index is 786. The first-order valence-corrected chi connectivity index (χ1v) is 10.9. The average molecular weight is 391 g/mol. The van der Waals surface area contributed by atoms with Gasteiger partial charge in [0.2, 0.25) is 0 Å². The Morgan fingerprint density at radius 2 is 2.11 bits per heavy atom. The van der Waals surface area contributed by atoms with Crippen LogP contribution in [0.2, 0.25) is 0 Å². The third-order valence-electron chi connectivity index (χ3n) is 5.38. The normalized spacial score (nSPS) is 18.5. The summed E-state index contributed by atoms with van der Waals surface area (Å²) in [6, 6.07) is 5.81. The van der Waals surface area contributed by atoms with Crippen molar-refractivity contribution < 1.29 is 14.3 Å². The first kappa shape index (κ1) is 20.2. The maximum absolute atomic E-state index is 12.6. The van der Waals surface area contributed by atoms with Gasteiger partial charge in [-0.1, -0.05) is 20.3 Å². The molecular weight excluding hydrogens is 360 g/mol. The molecule has 0 saturated carbocycles. The molecule has 5 heteroatoms. The summed E-state index contributed by atoms with van der Waals surface area (Å²) < 4.78 is 11.2. The van der Waals surface area contributed by atoms with E-state index in [0.29, 0.717) is 23.7 Å². The van der Waals surface area contributed by atoms with Gasteiger partial charge in [-0.2, -0.15) is 0 Å². The van der Waals surface area contributed by atoms with E-state index in [1.54, 1.807) is 17.4 Å². The molecule has 0 spiro atoms. The quantitative estimate of drug-likeness (QED) is 0.668. The molecule has 4 nitrogen and oxygen atoms in total. The minimum atomic E-state index is -0.409. The fourth-order valence-electron chi connectivity index (χ4n) is 3.84. The Kier molecular flexibility index (Phi) is 7.13. The van der Waals surface area contributed by atoms with E-state index in [9.17, 15) is 9.90 Å². The maximum atomic E-state index is 12.6. The van der Waals surface area contributed by atoms with Crippen LogP contribution in [-0.2, 0) is 17.6 Å². The van der Waals surface area contributed by atoms with Gasteiger partial charge in [-0.15, -0.1) is 11.3 Å². The molecule has 0 radical (unpaired) electrons. The van der Waals surface area contributed by atoms with Crippen LogP contribution in [0.4, 0.5) is 0 Å². The smallest absolute Gasteiger partial charge is 0.343 e. The number of rotatable bonds is 8. The highest BCUT2D eigenvalue weighted by Crippen LogP contribution is 2.33. The first-order valence-electron chi connectivity index (χ1n) is 10.1. The molecule has 0 amide bonds. The lowest BCUT2D eigenvalue weighted by atomic mass is 9.87. The van der Waals surface area contributed by atoms with Crippen LogP contribution in [-0.4, -0.2) is 18.3 Å². The van der Waals surface area contributed by atoms with Crippen molar-refractivity contribution in [2.75, 3.05) is 13.2 Å². The van der Waals surface area contributed by atoms with Crippen LogP contribution in [0.3, 0.4) is 0 Å². The maximum Gasteiger partial charge on any atom is 0.343 e. The molecule has 1 N–H and O–H groups in total. The van der Waals surface area contributed by atoms with Gasteiger partial charge in [0.25, 0.3) is 0 Å². The van der Waals surface area contributed by atoms with Gasteiger partial charge in [0, 0.05) is 41.4 Å². The molecule has 148 valence electrons. The monoisotopic (exact) mass is 390 g/mol. The van der Waals surface area contributed by atoms with E-state index in [1.165, 1.54) is 4.88 Å². The van der Waals surface area contributed by atoms with Gasteiger partial charge in [0.05, 0.1) is 5.56 Å². The van der Waals surface area contributed by atoms with Gasteiger partial charge in [-0.25, -0.2) is 4.79 Å². The van der Waals surface area contributed by atoms with Crippen molar-refractivity contribution in [1.29, 1.82) is 0 Å². The molecule has 2 aromatic heterocycles. The number of hydrogen-bond donors (Lipinski definition) is 1. The minimum Gasteiger partial charge on any atom is -0.507 e. The number of hydrogen-bond acceptors (Lipinski definition) is 5. The van der Waals surface area contributed by atoms with E-state index in [4.69, 9.17) is 9.15 Å². The third-order valence-corrected chi connectivity index (χ3v) is 6.52. The Balaban J connectivity index is 1.75. The van der Waals surface area contributed by atoms with E-state index in [2.05, 4.69) is 19.9 Å². The van der Waals surface area contributed by atoms with E-state index >= 15 is 0 Å². The van der Waals surface area contributed by atoms with Crippen molar-refractivity contribution in [3.05, 3.63) is 49.7 Å². The van der Waals surface area contributed by atoms with Crippen molar-refractivity contribution >= 4 is 11.3 Å². The highest BCUT2D eigenvalue weighted by Gasteiger charge is 2.23. The fraction of sp³-hybridized carbons (Fsp3) is 0.591. The van der Waals surface area contributed by atoms with Crippen LogP contribution < -0.4 is 5.63 Å². The molecule has 2 aromatic rings. The summed E-state index contributed by atoms with van der Waals surface area (Å²) in [6.07, 6.45) is 6.64. The minimum absolute atomic E-state index is 0.0602. The Morgan fingerprint density at radius 3 is 2.78 bits per heavy atom. The highest BCUT2D eigenvalue weighted by atomic mass is 32.1. The number of thiophene rings is 1. The highest BCUT2D eigenvalue weighted by molar-refractivity contribution is 7.12. The summed E-state index contributed by atoms with van der Waals surface area (Å²) in [4.78, 5) is 15.0. The van der Waals surface area contributed by atoms with E-state index in [1.807, 2.05) is 6.07 Å². The number of aryl methyl sites for hydroxylation is 1. The third kappa shape index (κ3) is 5.23. The van der Waals surface area contributed by atoms with Crippen molar-refractivity contribution in [1.82, 2.24) is 0 Å². The Morgan fingerprint density at radius 1 is 1.30 bits per heavy atom. The molecule has 1 fully saturated rings. The molecular formula is C22H30O4S. The summed E-state index contributed by atoms with van der Waals surface area (Å²) in [6.45, 7) is 5.88. The topological polar surface area (TPSA) is 59.7 Å². The molecule has 0 bridgehead atoms. The molecule has 2 unspecified atom stereocenters. The zero-order valence-electron chi connectivity index (χ0n) is 16.3. The van der Waals surface area contributed by atoms with E-state index in [-0.39, 0.29) is 11.7 Å². The molecule has 2 atom stereocenters. The van der Waals surface area contributed by atoms with Crippen LogP contribution >= 0.6 is 11.3 Å². The van der Waals surface area contributed by atoms with Gasteiger partial charge >= 0.3 is 5.63 Å². The van der Waals surface area contributed by atoms with Gasteiger partial charge in [0.1, 0.15) is 11.5 Å². The van der Waals surface area contributed by atoms with Crippen LogP contribution in [0.1, 0.15) is 72.9 Å². The van der Waals surface area contributed by atoms with Gasteiger partial charge in [-0.3, -0.25) is 0 Å². The molecule has 0 aliphatic carbocycles. The predicted octanol–water partition coefficient (Wildman–Crippen LogP) is 5.26. The molecule has 1 aliphatic heterocycles. The molecule has 1 aliphatic rings. The Labute approximate surface area is 165 Å². The summed E-state index contributed by atoms with van der Waals surface area (Å²) in [7, 11) is 0. The largest absolute Gasteiger partial charge is 0.507 e. The molecule has 27 heavy (non-hydrogen) atoms. The Hall–Kier alpha value is -1.59. The SMILES string of the molecule is CCCc1ccc(Cc2c(O)cc(C(CC)CC3CCCOC3)oc2=O)s1. The van der Waals surface area contributed by atoms with Crippen LogP contribution in [0.5, 0.6) is 5.75 Å². The van der Waals surface area contributed by atoms with Gasteiger partial charge in [-0.05, 0) is 50.2 Å². The second kappa shape index (κ2) is 9.56. The van der Waals surface area contributed by atoms with Crippen LogP contribution in [0.15, 0.2) is 27.4 Å². The predicted molar refractivity (Wildman–Crippen MR) is 109 cm³/mol. The second-order valence-corrected chi connectivity index (χ2v) is 8.77. The van der Waals surface area contributed by atoms with Crippen molar-refractivity contribution in [3.63, 3.8) is 0 Å². The molecule has 3 heterocycles.